The molecular weight excluding hydrogens is 614 g/mol. The van der Waals surface area contributed by atoms with Gasteiger partial charge in [-0.05, 0) is 98.5 Å². The Kier molecular flexibility index (Phi) is 13.2. The van der Waals surface area contributed by atoms with Crippen LogP contribution in [0, 0.1) is 0 Å². The number of amides is 1. The summed E-state index contributed by atoms with van der Waals surface area (Å²) in [5.41, 5.74) is 2.57. The van der Waals surface area contributed by atoms with Gasteiger partial charge >= 0.3 is 5.97 Å². The summed E-state index contributed by atoms with van der Waals surface area (Å²) in [7, 11) is 7.84. The van der Waals surface area contributed by atoms with Crippen molar-refractivity contribution in [3.8, 4) is 34.5 Å². The Bertz CT molecular complexity index is 1500. The highest BCUT2D eigenvalue weighted by Crippen LogP contribution is 2.41. The highest BCUT2D eigenvalue weighted by Gasteiger charge is 2.38. The maximum atomic E-state index is 14.3. The average Bonchev–Trinajstić information content (AvgIpc) is 3.12. The van der Waals surface area contributed by atoms with Gasteiger partial charge in [0.2, 0.25) is 11.7 Å². The van der Waals surface area contributed by atoms with E-state index in [-0.39, 0.29) is 5.91 Å². The Morgan fingerprint density at radius 3 is 2.12 bits per heavy atom. The van der Waals surface area contributed by atoms with Crippen LogP contribution in [0.3, 0.4) is 0 Å². The Morgan fingerprint density at radius 1 is 0.792 bits per heavy atom. The predicted octanol–water partition coefficient (Wildman–Crippen LogP) is 6.92. The predicted molar refractivity (Wildman–Crippen MR) is 183 cm³/mol. The summed E-state index contributed by atoms with van der Waals surface area (Å²) in [6, 6.07) is 16.3. The van der Waals surface area contributed by atoms with Crippen molar-refractivity contribution >= 4 is 11.9 Å². The quantitative estimate of drug-likeness (QED) is 0.151. The van der Waals surface area contributed by atoms with Crippen molar-refractivity contribution in [3.05, 3.63) is 71.3 Å². The lowest BCUT2D eigenvalue weighted by Crippen LogP contribution is -2.50. The molecule has 0 N–H and O–H groups in total. The number of carbonyl (C=O) groups excluding carboxylic acids is 2. The van der Waals surface area contributed by atoms with Crippen molar-refractivity contribution in [2.24, 2.45) is 0 Å². The lowest BCUT2D eigenvalue weighted by atomic mass is 9.91. The summed E-state index contributed by atoms with van der Waals surface area (Å²) < 4.78 is 39.6. The number of hydrogen-bond acceptors (Lipinski definition) is 9. The second-order valence-electron chi connectivity index (χ2n) is 11.6. The first kappa shape index (κ1) is 36.2. The van der Waals surface area contributed by atoms with Gasteiger partial charge in [-0.1, -0.05) is 25.1 Å². The molecule has 2 unspecified atom stereocenters. The van der Waals surface area contributed by atoms with E-state index in [2.05, 4.69) is 0 Å². The average molecular weight is 664 g/mol. The van der Waals surface area contributed by atoms with E-state index >= 15 is 0 Å². The van der Waals surface area contributed by atoms with Crippen LogP contribution in [0.1, 0.15) is 74.7 Å². The number of methoxy groups -OCH3 is 5. The molecule has 0 spiro atoms. The third kappa shape index (κ3) is 8.45. The molecule has 3 atom stereocenters. The topological polar surface area (TPSA) is 102 Å². The van der Waals surface area contributed by atoms with Crippen molar-refractivity contribution in [2.45, 2.75) is 70.4 Å². The van der Waals surface area contributed by atoms with Gasteiger partial charge < -0.3 is 38.1 Å². The molecule has 0 radical (unpaired) electrons. The molecular formula is C38H49NO9. The summed E-state index contributed by atoms with van der Waals surface area (Å²) in [6.07, 6.45) is 3.23. The van der Waals surface area contributed by atoms with Crippen LogP contribution in [0.2, 0.25) is 0 Å². The molecule has 260 valence electrons. The number of ether oxygens (including phenoxy) is 7. The molecule has 1 saturated heterocycles. The second kappa shape index (κ2) is 17.5. The van der Waals surface area contributed by atoms with E-state index in [0.29, 0.717) is 73.3 Å². The van der Waals surface area contributed by atoms with Gasteiger partial charge in [0.15, 0.2) is 23.0 Å². The van der Waals surface area contributed by atoms with Gasteiger partial charge in [-0.3, -0.25) is 4.79 Å². The minimum Gasteiger partial charge on any atom is -0.494 e. The molecule has 1 fully saturated rings. The summed E-state index contributed by atoms with van der Waals surface area (Å²) in [5, 5.41) is 0. The van der Waals surface area contributed by atoms with Gasteiger partial charge in [0.05, 0.1) is 48.1 Å². The van der Waals surface area contributed by atoms with Crippen LogP contribution < -0.4 is 28.4 Å². The summed E-state index contributed by atoms with van der Waals surface area (Å²) in [6.45, 7) is 4.87. The third-order valence-electron chi connectivity index (χ3n) is 8.80. The molecule has 1 amide bonds. The SMILES string of the molecule is CCOc1cccc(C(CCc2ccc(OC)c(OC)c2)OC(=O)C2CCCCN2C(=O)[C@@H](CC)c2cc(OC)c(OC)c(OC)c2)c1. The van der Waals surface area contributed by atoms with E-state index in [4.69, 9.17) is 33.2 Å². The molecule has 0 saturated carbocycles. The van der Waals surface area contributed by atoms with Crippen molar-refractivity contribution < 1.29 is 42.7 Å². The number of aryl methyl sites for hydroxylation is 1. The smallest absolute Gasteiger partial charge is 0.329 e. The number of nitrogens with zero attached hydrogens (tertiary/aromatic N) is 1. The number of benzene rings is 3. The minimum atomic E-state index is -0.707. The lowest BCUT2D eigenvalue weighted by Gasteiger charge is -2.37. The van der Waals surface area contributed by atoms with Gasteiger partial charge in [0, 0.05) is 6.54 Å². The Labute approximate surface area is 284 Å². The van der Waals surface area contributed by atoms with Gasteiger partial charge in [0.1, 0.15) is 17.9 Å². The summed E-state index contributed by atoms with van der Waals surface area (Å²) in [4.78, 5) is 30.1. The van der Waals surface area contributed by atoms with Crippen molar-refractivity contribution in [1.82, 2.24) is 4.90 Å². The number of likely N-dealkylation sites (tertiary alicyclic amines) is 1. The molecule has 0 aromatic heterocycles. The van der Waals surface area contributed by atoms with E-state index in [1.165, 1.54) is 0 Å². The lowest BCUT2D eigenvalue weighted by molar-refractivity contribution is -0.162. The van der Waals surface area contributed by atoms with E-state index in [0.717, 1.165) is 29.5 Å². The summed E-state index contributed by atoms with van der Waals surface area (Å²) in [5.74, 6) is 2.32. The number of esters is 1. The number of piperidine rings is 1. The van der Waals surface area contributed by atoms with Gasteiger partial charge in [0.25, 0.3) is 0 Å². The molecule has 4 rings (SSSR count). The largest absolute Gasteiger partial charge is 0.494 e. The summed E-state index contributed by atoms with van der Waals surface area (Å²) >= 11 is 0. The molecule has 3 aromatic rings. The highest BCUT2D eigenvalue weighted by molar-refractivity contribution is 5.89. The van der Waals surface area contributed by atoms with Crippen LogP contribution >= 0.6 is 0 Å². The van der Waals surface area contributed by atoms with Gasteiger partial charge in [-0.25, -0.2) is 4.79 Å². The van der Waals surface area contributed by atoms with Crippen LogP contribution in [0.25, 0.3) is 0 Å². The first-order valence-corrected chi connectivity index (χ1v) is 16.6. The fourth-order valence-corrected chi connectivity index (χ4v) is 6.31. The number of carbonyl (C=O) groups is 2. The first-order chi connectivity index (χ1) is 23.3. The molecule has 10 nitrogen and oxygen atoms in total. The Morgan fingerprint density at radius 2 is 1.50 bits per heavy atom. The molecule has 1 aliphatic heterocycles. The molecule has 1 heterocycles. The molecule has 48 heavy (non-hydrogen) atoms. The third-order valence-corrected chi connectivity index (χ3v) is 8.80. The van der Waals surface area contributed by atoms with Gasteiger partial charge in [-0.2, -0.15) is 0 Å². The van der Waals surface area contributed by atoms with Crippen LogP contribution in [0.5, 0.6) is 34.5 Å². The number of hydrogen-bond donors (Lipinski definition) is 0. The standard InChI is InChI=1S/C38H49NO9/c1-8-29(27-23-34(44-5)36(46-7)35(24-27)45-6)37(40)39-20-11-10-15-30(39)38(41)48-31(26-13-12-14-28(22-26)47-9-2)18-16-25-17-19-32(42-3)33(21-25)43-4/h12-14,17,19,21-24,29-31H,8-11,15-16,18,20H2,1-7H3/t29-,30?,31?/m0/s1. The zero-order valence-electron chi connectivity index (χ0n) is 29.2. The van der Waals surface area contributed by atoms with Crippen LogP contribution in [-0.2, 0) is 20.7 Å². The molecule has 0 bridgehead atoms. The molecule has 1 aliphatic rings. The van der Waals surface area contributed by atoms with Crippen molar-refractivity contribution in [3.63, 3.8) is 0 Å². The highest BCUT2D eigenvalue weighted by atomic mass is 16.5. The van der Waals surface area contributed by atoms with Crippen LogP contribution in [0.4, 0.5) is 0 Å². The molecule has 3 aromatic carbocycles. The van der Waals surface area contributed by atoms with E-state index in [9.17, 15) is 9.59 Å². The second-order valence-corrected chi connectivity index (χ2v) is 11.6. The normalized spacial score (nSPS) is 15.6. The minimum absolute atomic E-state index is 0.131. The Balaban J connectivity index is 1.60. The Hall–Kier alpha value is -4.60. The van der Waals surface area contributed by atoms with E-state index in [1.807, 2.05) is 56.3 Å². The van der Waals surface area contributed by atoms with Gasteiger partial charge in [-0.15, -0.1) is 0 Å². The zero-order chi connectivity index (χ0) is 34.6. The maximum Gasteiger partial charge on any atom is 0.329 e. The van der Waals surface area contributed by atoms with E-state index in [1.54, 1.807) is 52.6 Å². The van der Waals surface area contributed by atoms with Crippen LogP contribution in [-0.4, -0.2) is 71.5 Å². The van der Waals surface area contributed by atoms with Crippen molar-refractivity contribution in [2.75, 3.05) is 48.7 Å². The molecule has 0 aliphatic carbocycles. The first-order valence-electron chi connectivity index (χ1n) is 16.6. The maximum absolute atomic E-state index is 14.3. The molecule has 10 heteroatoms. The fourth-order valence-electron chi connectivity index (χ4n) is 6.31. The fraction of sp³-hybridized carbons (Fsp3) is 0.474. The monoisotopic (exact) mass is 663 g/mol. The zero-order valence-corrected chi connectivity index (χ0v) is 29.2. The number of rotatable bonds is 16. The van der Waals surface area contributed by atoms with Crippen LogP contribution in [0.15, 0.2) is 54.6 Å². The van der Waals surface area contributed by atoms with E-state index < -0.39 is 24.0 Å². The van der Waals surface area contributed by atoms with Crippen molar-refractivity contribution in [1.29, 1.82) is 0 Å².